The van der Waals surface area contributed by atoms with E-state index in [1.54, 1.807) is 5.92 Å². The van der Waals surface area contributed by atoms with E-state index in [9.17, 15) is 0 Å². The van der Waals surface area contributed by atoms with Crippen molar-refractivity contribution in [3.8, 4) is 0 Å². The van der Waals surface area contributed by atoms with Crippen molar-refractivity contribution >= 4 is 0 Å². The molecule has 1 nitrogen and oxygen atoms in total. The third-order valence-electron chi connectivity index (χ3n) is 1.26. The highest BCUT2D eigenvalue weighted by Gasteiger charge is 2.21. The highest BCUT2D eigenvalue weighted by atomic mass is 16.5. The van der Waals surface area contributed by atoms with E-state index in [4.69, 9.17) is 4.74 Å². The highest BCUT2D eigenvalue weighted by molar-refractivity contribution is 5.04. The van der Waals surface area contributed by atoms with E-state index in [1.165, 1.54) is 12.8 Å². The number of ether oxygens (including phenoxy) is 1. The molecule has 1 aliphatic rings. The van der Waals surface area contributed by atoms with E-state index in [0.717, 1.165) is 19.6 Å². The molecule has 0 bridgehead atoms. The van der Waals surface area contributed by atoms with E-state index in [0.29, 0.717) is 0 Å². The Morgan fingerprint density at radius 1 is 1.50 bits per heavy atom. The summed E-state index contributed by atoms with van der Waals surface area (Å²) < 4.78 is 5.27. The molecule has 1 aliphatic carbocycles. The topological polar surface area (TPSA) is 9.23 Å². The molecule has 0 spiro atoms. The molecule has 0 unspecified atom stereocenters. The van der Waals surface area contributed by atoms with Gasteiger partial charge in [0.2, 0.25) is 0 Å². The lowest BCUT2D eigenvalue weighted by atomic mass is 10.4. The van der Waals surface area contributed by atoms with Gasteiger partial charge in [0.05, 0.1) is 6.61 Å². The Bertz CT molecular complexity index is 57.4. The van der Waals surface area contributed by atoms with Crippen LogP contribution in [0.15, 0.2) is 0 Å². The normalized spacial score (nSPS) is 19.1. The molecule has 47 valence electrons. The first-order chi connectivity index (χ1) is 3.93. The van der Waals surface area contributed by atoms with Gasteiger partial charge in [0.1, 0.15) is 0 Å². The maximum absolute atomic E-state index is 5.27. The summed E-state index contributed by atoms with van der Waals surface area (Å²) in [5.74, 6) is 1.60. The zero-order valence-corrected chi connectivity index (χ0v) is 5.44. The molecule has 0 N–H and O–H groups in total. The molecule has 0 amide bonds. The number of hydrogen-bond donors (Lipinski definition) is 0. The lowest BCUT2D eigenvalue weighted by Gasteiger charge is -1.96. The van der Waals surface area contributed by atoms with Crippen LogP contribution in [0.5, 0.6) is 0 Å². The molecule has 1 fully saturated rings. The van der Waals surface area contributed by atoms with Gasteiger partial charge in [-0.15, -0.1) is 0 Å². The Balaban J connectivity index is 1.74. The monoisotopic (exact) mass is 113 g/mol. The maximum atomic E-state index is 5.27. The quantitative estimate of drug-likeness (QED) is 0.505. The Morgan fingerprint density at radius 3 is 2.75 bits per heavy atom. The molecule has 1 radical (unpaired) electrons. The first kappa shape index (κ1) is 6.09. The second kappa shape index (κ2) is 3.08. The van der Waals surface area contributed by atoms with Crippen LogP contribution < -0.4 is 0 Å². The second-order valence-electron chi connectivity index (χ2n) is 2.30. The molecule has 1 saturated carbocycles. The predicted molar refractivity (Wildman–Crippen MR) is 33.6 cm³/mol. The van der Waals surface area contributed by atoms with Crippen LogP contribution in [0, 0.1) is 5.92 Å². The van der Waals surface area contributed by atoms with Crippen LogP contribution >= 0.6 is 0 Å². The van der Waals surface area contributed by atoms with Crippen LogP contribution in [0.3, 0.4) is 0 Å². The third kappa shape index (κ3) is 2.31. The first-order valence-electron chi connectivity index (χ1n) is 3.35. The smallest absolute Gasteiger partial charge is 0.0528 e. The zero-order chi connectivity index (χ0) is 5.82. The minimum Gasteiger partial charge on any atom is -0.381 e. The SMILES string of the molecule is CCCOC[C]1CC1. The summed E-state index contributed by atoms with van der Waals surface area (Å²) in [6.45, 7) is 4.01. The predicted octanol–water partition coefficient (Wildman–Crippen LogP) is 1.78. The van der Waals surface area contributed by atoms with E-state index in [1.807, 2.05) is 0 Å². The van der Waals surface area contributed by atoms with Gasteiger partial charge < -0.3 is 4.74 Å². The Labute approximate surface area is 51.0 Å². The summed E-state index contributed by atoms with van der Waals surface area (Å²) in [6, 6.07) is 0. The highest BCUT2D eigenvalue weighted by Crippen LogP contribution is 2.31. The molecule has 1 rings (SSSR count). The van der Waals surface area contributed by atoms with E-state index >= 15 is 0 Å². The fraction of sp³-hybridized carbons (Fsp3) is 0.857. The average Bonchev–Trinajstić information content (AvgIpc) is 2.51. The molecular weight excluding hydrogens is 100 g/mol. The molecular formula is C7H13O. The molecule has 0 heterocycles. The fourth-order valence-corrected chi connectivity index (χ4v) is 0.594. The second-order valence-corrected chi connectivity index (χ2v) is 2.30. The molecule has 0 aromatic carbocycles. The van der Waals surface area contributed by atoms with Crippen molar-refractivity contribution in [2.45, 2.75) is 26.2 Å². The molecule has 0 aliphatic heterocycles. The summed E-state index contributed by atoms with van der Waals surface area (Å²) in [5, 5.41) is 0. The summed E-state index contributed by atoms with van der Waals surface area (Å²) >= 11 is 0. The molecule has 0 aromatic heterocycles. The summed E-state index contributed by atoms with van der Waals surface area (Å²) in [7, 11) is 0. The summed E-state index contributed by atoms with van der Waals surface area (Å²) in [4.78, 5) is 0. The van der Waals surface area contributed by atoms with Crippen molar-refractivity contribution in [1.82, 2.24) is 0 Å². The van der Waals surface area contributed by atoms with Crippen LogP contribution in [-0.2, 0) is 4.74 Å². The van der Waals surface area contributed by atoms with Gasteiger partial charge in [-0.2, -0.15) is 0 Å². The van der Waals surface area contributed by atoms with Crippen molar-refractivity contribution in [3.63, 3.8) is 0 Å². The van der Waals surface area contributed by atoms with Gasteiger partial charge in [-0.25, -0.2) is 0 Å². The summed E-state index contributed by atoms with van der Waals surface area (Å²) in [5.41, 5.74) is 0. The lowest BCUT2D eigenvalue weighted by molar-refractivity contribution is 0.151. The molecule has 0 saturated heterocycles. The Hall–Kier alpha value is -0.0400. The first-order valence-corrected chi connectivity index (χ1v) is 3.35. The van der Waals surface area contributed by atoms with Crippen molar-refractivity contribution in [1.29, 1.82) is 0 Å². The van der Waals surface area contributed by atoms with E-state index in [2.05, 4.69) is 6.92 Å². The van der Waals surface area contributed by atoms with Gasteiger partial charge in [-0.1, -0.05) is 6.92 Å². The minimum absolute atomic E-state index is 0.934. The lowest BCUT2D eigenvalue weighted by Crippen LogP contribution is -1.94. The standard InChI is InChI=1S/C7H13O/c1-2-5-8-6-7-3-4-7/h2-6H2,1H3. The minimum atomic E-state index is 0.934. The van der Waals surface area contributed by atoms with Crippen LogP contribution in [-0.4, -0.2) is 13.2 Å². The number of hydrogen-bond acceptors (Lipinski definition) is 1. The molecule has 1 heteroatoms. The molecule has 8 heavy (non-hydrogen) atoms. The van der Waals surface area contributed by atoms with Crippen LogP contribution in [0.1, 0.15) is 26.2 Å². The molecule has 0 atom stereocenters. The van der Waals surface area contributed by atoms with Crippen molar-refractivity contribution < 1.29 is 4.74 Å². The van der Waals surface area contributed by atoms with Gasteiger partial charge in [-0.3, -0.25) is 0 Å². The Morgan fingerprint density at radius 2 is 2.25 bits per heavy atom. The fourth-order valence-electron chi connectivity index (χ4n) is 0.594. The Kier molecular flexibility index (Phi) is 2.34. The third-order valence-corrected chi connectivity index (χ3v) is 1.26. The van der Waals surface area contributed by atoms with E-state index < -0.39 is 0 Å². The van der Waals surface area contributed by atoms with Gasteiger partial charge in [0.15, 0.2) is 0 Å². The molecule has 0 aromatic rings. The number of rotatable bonds is 4. The van der Waals surface area contributed by atoms with Crippen LogP contribution in [0.25, 0.3) is 0 Å². The zero-order valence-electron chi connectivity index (χ0n) is 5.44. The van der Waals surface area contributed by atoms with Crippen molar-refractivity contribution in [2.75, 3.05) is 13.2 Å². The van der Waals surface area contributed by atoms with E-state index in [-0.39, 0.29) is 0 Å². The van der Waals surface area contributed by atoms with Gasteiger partial charge in [0.25, 0.3) is 0 Å². The summed E-state index contributed by atoms with van der Waals surface area (Å²) in [6.07, 6.45) is 3.79. The van der Waals surface area contributed by atoms with Crippen molar-refractivity contribution in [2.24, 2.45) is 0 Å². The largest absolute Gasteiger partial charge is 0.381 e. The van der Waals surface area contributed by atoms with Gasteiger partial charge in [0, 0.05) is 12.5 Å². The maximum Gasteiger partial charge on any atom is 0.0528 e. The van der Waals surface area contributed by atoms with Crippen LogP contribution in [0.4, 0.5) is 0 Å². The van der Waals surface area contributed by atoms with Crippen molar-refractivity contribution in [3.05, 3.63) is 5.92 Å². The van der Waals surface area contributed by atoms with Gasteiger partial charge in [-0.05, 0) is 19.3 Å². The average molecular weight is 113 g/mol. The van der Waals surface area contributed by atoms with Crippen LogP contribution in [0.2, 0.25) is 0 Å². The van der Waals surface area contributed by atoms with Gasteiger partial charge >= 0.3 is 0 Å².